The smallest absolute Gasteiger partial charge is 0.139 e. The van der Waals surface area contributed by atoms with E-state index in [0.29, 0.717) is 0 Å². The van der Waals surface area contributed by atoms with Crippen LogP contribution in [-0.2, 0) is 4.79 Å². The Bertz CT molecular complexity index is 100. The Hall–Kier alpha value is -0.370. The van der Waals surface area contributed by atoms with E-state index in [-0.39, 0.29) is 1.43 Å². The van der Waals surface area contributed by atoms with Gasteiger partial charge in [-0.05, 0) is 12.8 Å². The van der Waals surface area contributed by atoms with Crippen molar-refractivity contribution in [3.05, 3.63) is 0 Å². The highest BCUT2D eigenvalue weighted by Crippen LogP contribution is 2.24. The van der Waals surface area contributed by atoms with Gasteiger partial charge in [0, 0.05) is 1.43 Å². The molecule has 0 amide bonds. The number of nitrogens with two attached hydrogens (primary N) is 1. The second kappa shape index (κ2) is 4.45. The van der Waals surface area contributed by atoms with E-state index in [1.807, 2.05) is 13.8 Å². The molecule has 1 aliphatic carbocycles. The predicted molar refractivity (Wildman–Crippen MR) is 44.9 cm³/mol. The van der Waals surface area contributed by atoms with Crippen LogP contribution in [0.2, 0.25) is 0 Å². The summed E-state index contributed by atoms with van der Waals surface area (Å²) in [4.78, 5) is 10.2. The van der Waals surface area contributed by atoms with Gasteiger partial charge in [0.25, 0.3) is 0 Å². The lowest BCUT2D eigenvalue weighted by Gasteiger charge is -2.12. The van der Waals surface area contributed by atoms with E-state index in [2.05, 4.69) is 0 Å². The van der Waals surface area contributed by atoms with Gasteiger partial charge in [0.1, 0.15) is 6.29 Å². The number of rotatable bonds is 1. The minimum Gasteiger partial charge on any atom is -0.319 e. The molecule has 1 rings (SSSR count). The predicted octanol–water partition coefficient (Wildman–Crippen LogP) is 1.73. The maximum Gasteiger partial charge on any atom is 0.139 e. The first-order chi connectivity index (χ1) is 4.77. The van der Waals surface area contributed by atoms with Crippen LogP contribution in [0.25, 0.3) is 0 Å². The van der Waals surface area contributed by atoms with Crippen molar-refractivity contribution in [3.63, 3.8) is 0 Å². The molecule has 0 saturated heterocycles. The summed E-state index contributed by atoms with van der Waals surface area (Å²) >= 11 is 0. The fourth-order valence-corrected chi connectivity index (χ4v) is 1.15. The average Bonchev–Trinajstić information content (AvgIpc) is 2.42. The third-order valence-corrected chi connectivity index (χ3v) is 1.77. The van der Waals surface area contributed by atoms with Gasteiger partial charge in [0.15, 0.2) is 0 Å². The van der Waals surface area contributed by atoms with Gasteiger partial charge in [0.2, 0.25) is 0 Å². The van der Waals surface area contributed by atoms with Crippen LogP contribution in [0.1, 0.15) is 41.0 Å². The molecule has 1 aliphatic rings. The number of carbonyl (C=O) groups excluding carboxylic acids is 1. The fraction of sp³-hybridized carbons (Fsp3) is 0.875. The maximum atomic E-state index is 10.2. The van der Waals surface area contributed by atoms with Gasteiger partial charge in [-0.15, -0.1) is 0 Å². The van der Waals surface area contributed by atoms with Crippen LogP contribution in [0, 0.1) is 0 Å². The van der Waals surface area contributed by atoms with E-state index in [0.717, 1.165) is 32.0 Å². The van der Waals surface area contributed by atoms with Crippen LogP contribution in [0.15, 0.2) is 0 Å². The van der Waals surface area contributed by atoms with Crippen LogP contribution >= 0.6 is 0 Å². The molecule has 62 valence electrons. The molecule has 0 aromatic heterocycles. The summed E-state index contributed by atoms with van der Waals surface area (Å²) < 4.78 is 0. The van der Waals surface area contributed by atoms with E-state index >= 15 is 0 Å². The Morgan fingerprint density at radius 1 is 1.40 bits per heavy atom. The van der Waals surface area contributed by atoms with Gasteiger partial charge in [0.05, 0.1) is 5.54 Å². The second-order valence-electron chi connectivity index (χ2n) is 2.56. The molecular weight excluding hydrogens is 126 g/mol. The van der Waals surface area contributed by atoms with E-state index in [1.54, 1.807) is 0 Å². The third-order valence-electron chi connectivity index (χ3n) is 1.77. The normalized spacial score (nSPS) is 21.1. The van der Waals surface area contributed by atoms with E-state index in [4.69, 9.17) is 5.73 Å². The highest BCUT2D eigenvalue weighted by Gasteiger charge is 2.27. The molecule has 1 fully saturated rings. The standard InChI is InChI=1S/C6H11NO.C2H6.H2/c7-6(5-8)3-1-2-4-6;1-2;/h5H,1-4,7H2;1-2H3;1H. The molecule has 0 aliphatic heterocycles. The first-order valence-electron chi connectivity index (χ1n) is 4.02. The number of carbonyl (C=O) groups is 1. The zero-order chi connectivity index (χ0) is 8.04. The number of hydrogen-bond acceptors (Lipinski definition) is 2. The lowest BCUT2D eigenvalue weighted by Crippen LogP contribution is -2.37. The zero-order valence-corrected chi connectivity index (χ0v) is 6.89. The van der Waals surface area contributed by atoms with Gasteiger partial charge < -0.3 is 10.5 Å². The third kappa shape index (κ3) is 2.48. The summed E-state index contributed by atoms with van der Waals surface area (Å²) in [6, 6.07) is 0. The van der Waals surface area contributed by atoms with Crippen LogP contribution in [0.4, 0.5) is 0 Å². The maximum absolute atomic E-state index is 10.2. The average molecular weight is 145 g/mol. The molecule has 0 unspecified atom stereocenters. The van der Waals surface area contributed by atoms with Crippen LogP contribution in [0.3, 0.4) is 0 Å². The Labute approximate surface area is 64.3 Å². The Morgan fingerprint density at radius 2 is 1.80 bits per heavy atom. The van der Waals surface area contributed by atoms with Crippen LogP contribution in [0.5, 0.6) is 0 Å². The lowest BCUT2D eigenvalue weighted by atomic mass is 10.0. The van der Waals surface area contributed by atoms with E-state index in [9.17, 15) is 4.79 Å². The molecule has 0 aromatic rings. The molecule has 10 heavy (non-hydrogen) atoms. The number of hydrogen-bond donors (Lipinski definition) is 1. The molecule has 1 saturated carbocycles. The summed E-state index contributed by atoms with van der Waals surface area (Å²) in [5.74, 6) is 0. The van der Waals surface area contributed by atoms with Gasteiger partial charge in [-0.3, -0.25) is 0 Å². The largest absolute Gasteiger partial charge is 0.319 e. The van der Waals surface area contributed by atoms with Gasteiger partial charge in [-0.1, -0.05) is 26.7 Å². The molecule has 0 radical (unpaired) electrons. The van der Waals surface area contributed by atoms with Gasteiger partial charge >= 0.3 is 0 Å². The van der Waals surface area contributed by atoms with Gasteiger partial charge in [-0.2, -0.15) is 0 Å². The van der Waals surface area contributed by atoms with E-state index in [1.165, 1.54) is 0 Å². The Kier molecular flexibility index (Phi) is 4.28. The van der Waals surface area contributed by atoms with Crippen molar-refractivity contribution in [3.8, 4) is 0 Å². The Morgan fingerprint density at radius 3 is 2.00 bits per heavy atom. The molecule has 2 heteroatoms. The second-order valence-corrected chi connectivity index (χ2v) is 2.56. The van der Waals surface area contributed by atoms with Crippen LogP contribution in [-0.4, -0.2) is 11.8 Å². The van der Waals surface area contributed by atoms with Crippen molar-refractivity contribution in [2.24, 2.45) is 5.73 Å². The molecule has 2 N–H and O–H groups in total. The quantitative estimate of drug-likeness (QED) is 0.571. The van der Waals surface area contributed by atoms with Gasteiger partial charge in [-0.25, -0.2) is 0 Å². The molecule has 0 heterocycles. The topological polar surface area (TPSA) is 43.1 Å². The summed E-state index contributed by atoms with van der Waals surface area (Å²) in [5, 5.41) is 0. The summed E-state index contributed by atoms with van der Waals surface area (Å²) in [6.45, 7) is 4.00. The minimum atomic E-state index is -0.444. The monoisotopic (exact) mass is 145 g/mol. The van der Waals surface area contributed by atoms with Crippen molar-refractivity contribution < 1.29 is 6.22 Å². The molecule has 0 atom stereocenters. The Balaban J connectivity index is 0. The fourth-order valence-electron chi connectivity index (χ4n) is 1.15. The molecular formula is C8H19NO. The summed E-state index contributed by atoms with van der Waals surface area (Å²) in [7, 11) is 0. The highest BCUT2D eigenvalue weighted by atomic mass is 16.1. The molecule has 0 aromatic carbocycles. The summed E-state index contributed by atoms with van der Waals surface area (Å²) in [5.41, 5.74) is 5.15. The van der Waals surface area contributed by atoms with Crippen molar-refractivity contribution in [1.82, 2.24) is 0 Å². The van der Waals surface area contributed by atoms with Crippen molar-refractivity contribution in [2.75, 3.05) is 0 Å². The van der Waals surface area contributed by atoms with Crippen molar-refractivity contribution in [1.29, 1.82) is 0 Å². The highest BCUT2D eigenvalue weighted by molar-refractivity contribution is 5.64. The SMILES string of the molecule is CC.NC1(C=O)CCCC1.[HH]. The molecule has 2 nitrogen and oxygen atoms in total. The molecule has 0 bridgehead atoms. The van der Waals surface area contributed by atoms with E-state index < -0.39 is 5.54 Å². The first kappa shape index (κ1) is 9.63. The first-order valence-corrected chi connectivity index (χ1v) is 4.02. The van der Waals surface area contributed by atoms with Crippen LogP contribution < -0.4 is 5.73 Å². The van der Waals surface area contributed by atoms with Crippen molar-refractivity contribution in [2.45, 2.75) is 45.1 Å². The number of aldehydes is 1. The summed E-state index contributed by atoms with van der Waals surface area (Å²) in [6.07, 6.45) is 4.90. The van der Waals surface area contributed by atoms with Crippen molar-refractivity contribution >= 4 is 6.29 Å². The lowest BCUT2D eigenvalue weighted by molar-refractivity contribution is -0.112. The minimum absolute atomic E-state index is 0. The zero-order valence-electron chi connectivity index (χ0n) is 6.89. The molecule has 0 spiro atoms.